The monoisotopic (exact) mass is 324 g/mol. The third-order valence-corrected chi connectivity index (χ3v) is 3.67. The minimum Gasteiger partial charge on any atom is -0.507 e. The first kappa shape index (κ1) is 15.7. The van der Waals surface area contributed by atoms with Gasteiger partial charge in [-0.1, -0.05) is 18.2 Å². The van der Waals surface area contributed by atoms with Crippen molar-refractivity contribution in [3.63, 3.8) is 0 Å². The summed E-state index contributed by atoms with van der Waals surface area (Å²) in [5.74, 6) is -0.582. The Balaban J connectivity index is 1.88. The molecule has 0 radical (unpaired) electrons. The second kappa shape index (κ2) is 6.16. The number of fused-ring (bicyclic) bond motifs is 1. The molecule has 1 heterocycles. The van der Waals surface area contributed by atoms with Crippen LogP contribution in [0.15, 0.2) is 47.3 Å². The van der Waals surface area contributed by atoms with Crippen molar-refractivity contribution in [2.24, 2.45) is 0 Å². The Hall–Kier alpha value is -3.15. The summed E-state index contributed by atoms with van der Waals surface area (Å²) in [4.78, 5) is 31.2. The minimum absolute atomic E-state index is 0.0654. The highest BCUT2D eigenvalue weighted by molar-refractivity contribution is 5.92. The molecule has 0 aliphatic rings. The van der Waals surface area contributed by atoms with E-state index in [0.717, 1.165) is 5.56 Å². The van der Waals surface area contributed by atoms with E-state index in [1.165, 1.54) is 12.1 Å². The first-order chi connectivity index (χ1) is 11.5. The summed E-state index contributed by atoms with van der Waals surface area (Å²) in [5, 5.41) is 10.3. The third-order valence-electron chi connectivity index (χ3n) is 3.67. The lowest BCUT2D eigenvalue weighted by molar-refractivity contribution is 0.0317. The zero-order chi connectivity index (χ0) is 17.3. The van der Waals surface area contributed by atoms with Gasteiger partial charge in [-0.15, -0.1) is 0 Å². The van der Waals surface area contributed by atoms with Gasteiger partial charge in [0.2, 0.25) is 0 Å². The lowest BCUT2D eigenvalue weighted by atomic mass is 10.1. The summed E-state index contributed by atoms with van der Waals surface area (Å²) in [6.45, 7) is 3.41. The summed E-state index contributed by atoms with van der Waals surface area (Å²) in [6, 6.07) is 11.6. The lowest BCUT2D eigenvalue weighted by Crippen LogP contribution is -2.17. The maximum atomic E-state index is 12.2. The highest BCUT2D eigenvalue weighted by atomic mass is 16.5. The molecule has 0 unspecified atom stereocenters. The lowest BCUT2D eigenvalue weighted by Gasteiger charge is -2.13. The Labute approximate surface area is 137 Å². The maximum absolute atomic E-state index is 12.2. The fourth-order valence-corrected chi connectivity index (χ4v) is 2.39. The number of hydrogen-bond donors (Lipinski definition) is 2. The zero-order valence-electron chi connectivity index (χ0n) is 13.2. The van der Waals surface area contributed by atoms with Crippen molar-refractivity contribution >= 4 is 16.9 Å². The molecule has 0 fully saturated rings. The van der Waals surface area contributed by atoms with E-state index in [1.54, 1.807) is 44.2 Å². The topological polar surface area (TPSA) is 92.3 Å². The second-order valence-electron chi connectivity index (χ2n) is 5.54. The second-order valence-corrected chi connectivity index (χ2v) is 5.54. The number of phenols is 1. The van der Waals surface area contributed by atoms with Crippen LogP contribution < -0.4 is 5.56 Å². The molecule has 0 amide bonds. The number of nitrogens with zero attached hydrogens (tertiary/aromatic N) is 1. The largest absolute Gasteiger partial charge is 0.507 e. The molecule has 24 heavy (non-hydrogen) atoms. The minimum atomic E-state index is -0.768. The molecule has 0 saturated carbocycles. The van der Waals surface area contributed by atoms with Crippen LogP contribution >= 0.6 is 0 Å². The SMILES string of the molecule is Cc1ccc(C(=O)O[C@@H](C)c2nc3ccccc3c(=O)[nH]2)c(O)c1. The number of carbonyl (C=O) groups excluding carboxylic acids is 1. The molecular weight excluding hydrogens is 308 g/mol. The molecule has 122 valence electrons. The van der Waals surface area contributed by atoms with Crippen molar-refractivity contribution in [2.45, 2.75) is 20.0 Å². The number of H-pyrrole nitrogens is 1. The number of rotatable bonds is 3. The van der Waals surface area contributed by atoms with Gasteiger partial charge in [-0.2, -0.15) is 0 Å². The van der Waals surface area contributed by atoms with Crippen LogP contribution in [0.2, 0.25) is 0 Å². The van der Waals surface area contributed by atoms with Crippen molar-refractivity contribution < 1.29 is 14.6 Å². The van der Waals surface area contributed by atoms with Crippen molar-refractivity contribution in [2.75, 3.05) is 0 Å². The molecule has 3 rings (SSSR count). The van der Waals surface area contributed by atoms with E-state index in [2.05, 4.69) is 9.97 Å². The summed E-state index contributed by atoms with van der Waals surface area (Å²) in [6.07, 6.45) is -0.768. The summed E-state index contributed by atoms with van der Waals surface area (Å²) in [7, 11) is 0. The number of esters is 1. The van der Waals surface area contributed by atoms with Crippen LogP contribution in [0.3, 0.4) is 0 Å². The molecule has 0 aliphatic heterocycles. The number of nitrogens with one attached hydrogen (secondary N) is 1. The van der Waals surface area contributed by atoms with Gasteiger partial charge in [0.25, 0.3) is 5.56 Å². The number of aromatic nitrogens is 2. The Morgan fingerprint density at radius 2 is 2.00 bits per heavy atom. The number of carbonyl (C=O) groups is 1. The molecule has 3 aromatic rings. The van der Waals surface area contributed by atoms with Gasteiger partial charge in [-0.05, 0) is 43.7 Å². The number of para-hydroxylation sites is 1. The van der Waals surface area contributed by atoms with Crippen LogP contribution in [-0.2, 0) is 4.74 Å². The number of phenolic OH excluding ortho intramolecular Hbond substituents is 1. The van der Waals surface area contributed by atoms with Crippen molar-refractivity contribution in [1.29, 1.82) is 0 Å². The molecule has 6 nitrogen and oxygen atoms in total. The summed E-state index contributed by atoms with van der Waals surface area (Å²) in [5.41, 5.74) is 1.13. The first-order valence-corrected chi connectivity index (χ1v) is 7.45. The Bertz CT molecular complexity index is 978. The molecule has 0 aliphatic carbocycles. The van der Waals surface area contributed by atoms with E-state index in [9.17, 15) is 14.7 Å². The molecule has 2 N–H and O–H groups in total. The predicted molar refractivity (Wildman–Crippen MR) is 89.0 cm³/mol. The number of ether oxygens (including phenoxy) is 1. The molecule has 0 saturated heterocycles. The van der Waals surface area contributed by atoms with Crippen LogP contribution in [-0.4, -0.2) is 21.0 Å². The summed E-state index contributed by atoms with van der Waals surface area (Å²) < 4.78 is 5.32. The van der Waals surface area contributed by atoms with E-state index < -0.39 is 12.1 Å². The maximum Gasteiger partial charge on any atom is 0.342 e. The third kappa shape index (κ3) is 2.99. The van der Waals surface area contributed by atoms with Crippen LogP contribution in [0.25, 0.3) is 10.9 Å². The van der Waals surface area contributed by atoms with Gasteiger partial charge < -0.3 is 14.8 Å². The van der Waals surface area contributed by atoms with Gasteiger partial charge in [0.1, 0.15) is 11.3 Å². The van der Waals surface area contributed by atoms with Crippen LogP contribution in [0.1, 0.15) is 34.8 Å². The number of hydrogen-bond acceptors (Lipinski definition) is 5. The van der Waals surface area contributed by atoms with Gasteiger partial charge >= 0.3 is 5.97 Å². The fourth-order valence-electron chi connectivity index (χ4n) is 2.39. The Kier molecular flexibility index (Phi) is 4.04. The molecule has 2 aromatic carbocycles. The number of aromatic amines is 1. The van der Waals surface area contributed by atoms with Crippen molar-refractivity contribution in [3.05, 3.63) is 69.8 Å². The van der Waals surface area contributed by atoms with E-state index in [1.807, 2.05) is 0 Å². The highest BCUT2D eigenvalue weighted by Crippen LogP contribution is 2.22. The van der Waals surface area contributed by atoms with Crippen molar-refractivity contribution in [1.82, 2.24) is 9.97 Å². The van der Waals surface area contributed by atoms with Crippen LogP contribution in [0, 0.1) is 6.92 Å². The molecular formula is C18H16N2O4. The van der Waals surface area contributed by atoms with E-state index >= 15 is 0 Å². The standard InChI is InChI=1S/C18H16N2O4/c1-10-7-8-13(15(21)9-10)18(23)24-11(2)16-19-14-6-4-3-5-12(14)17(22)20-16/h3-9,11,21H,1-2H3,(H,19,20,22)/t11-/m0/s1. The Morgan fingerprint density at radius 1 is 1.25 bits per heavy atom. The number of aromatic hydroxyl groups is 1. The fraction of sp³-hybridized carbons (Fsp3) is 0.167. The first-order valence-electron chi connectivity index (χ1n) is 7.45. The van der Waals surface area contributed by atoms with Gasteiger partial charge in [-0.3, -0.25) is 4.79 Å². The van der Waals surface area contributed by atoms with Crippen molar-refractivity contribution in [3.8, 4) is 5.75 Å². The molecule has 1 aromatic heterocycles. The molecule has 0 spiro atoms. The van der Waals surface area contributed by atoms with Gasteiger partial charge in [0.15, 0.2) is 11.9 Å². The van der Waals surface area contributed by atoms with Gasteiger partial charge in [0.05, 0.1) is 10.9 Å². The highest BCUT2D eigenvalue weighted by Gasteiger charge is 2.19. The summed E-state index contributed by atoms with van der Waals surface area (Å²) >= 11 is 0. The van der Waals surface area contributed by atoms with Crippen LogP contribution in [0.4, 0.5) is 0 Å². The number of aryl methyl sites for hydroxylation is 1. The molecule has 0 bridgehead atoms. The van der Waals surface area contributed by atoms with E-state index in [4.69, 9.17) is 4.74 Å². The quantitative estimate of drug-likeness (QED) is 0.723. The molecule has 6 heteroatoms. The molecule has 1 atom stereocenters. The van der Waals surface area contributed by atoms with Crippen LogP contribution in [0.5, 0.6) is 5.75 Å². The predicted octanol–water partition coefficient (Wildman–Crippen LogP) is 2.86. The smallest absolute Gasteiger partial charge is 0.342 e. The van der Waals surface area contributed by atoms with E-state index in [-0.39, 0.29) is 22.7 Å². The Morgan fingerprint density at radius 3 is 2.75 bits per heavy atom. The van der Waals surface area contributed by atoms with Gasteiger partial charge in [-0.25, -0.2) is 9.78 Å². The zero-order valence-corrected chi connectivity index (χ0v) is 13.2. The van der Waals surface area contributed by atoms with Gasteiger partial charge in [0, 0.05) is 0 Å². The van der Waals surface area contributed by atoms with E-state index in [0.29, 0.717) is 10.9 Å². The normalized spacial score (nSPS) is 12.1. The number of benzene rings is 2. The average Bonchev–Trinajstić information content (AvgIpc) is 2.54. The average molecular weight is 324 g/mol.